The Balaban J connectivity index is 3.52. The van der Waals surface area contributed by atoms with Crippen molar-refractivity contribution in [1.82, 2.24) is 5.32 Å². The smallest absolute Gasteiger partial charge is 0.220 e. The van der Waals surface area contributed by atoms with Crippen molar-refractivity contribution in [3.8, 4) is 0 Å². The third-order valence-corrected chi connectivity index (χ3v) is 10.9. The van der Waals surface area contributed by atoms with Gasteiger partial charge in [0.05, 0.1) is 18.8 Å². The van der Waals surface area contributed by atoms with E-state index in [0.29, 0.717) is 6.42 Å². The number of aliphatic hydroxyl groups excluding tert-OH is 2. The molecule has 0 rings (SSSR count). The molecule has 0 aliphatic heterocycles. The fraction of sp³-hybridized carbons (Fsp3) is 0.896. The molecule has 0 aromatic heterocycles. The van der Waals surface area contributed by atoms with E-state index in [9.17, 15) is 15.0 Å². The molecule has 52 heavy (non-hydrogen) atoms. The van der Waals surface area contributed by atoms with E-state index in [2.05, 4.69) is 31.3 Å². The highest BCUT2D eigenvalue weighted by atomic mass is 16.3. The molecule has 0 aliphatic rings. The zero-order chi connectivity index (χ0) is 37.8. The molecule has 2 atom stereocenters. The lowest BCUT2D eigenvalue weighted by Crippen LogP contribution is -2.45. The Labute approximate surface area is 326 Å². The van der Waals surface area contributed by atoms with Crippen LogP contribution in [0.15, 0.2) is 24.3 Å². The normalized spacial score (nSPS) is 13.1. The molecule has 3 N–H and O–H groups in total. The summed E-state index contributed by atoms with van der Waals surface area (Å²) >= 11 is 0. The second-order valence-corrected chi connectivity index (χ2v) is 16.2. The van der Waals surface area contributed by atoms with E-state index >= 15 is 0 Å². The summed E-state index contributed by atoms with van der Waals surface area (Å²) in [4.78, 5) is 12.4. The molecule has 0 aromatic rings. The average molecular weight is 732 g/mol. The Morgan fingerprint density at radius 1 is 0.442 bits per heavy atom. The molecule has 0 aliphatic carbocycles. The van der Waals surface area contributed by atoms with Crippen molar-refractivity contribution in [2.24, 2.45) is 0 Å². The number of hydrogen-bond acceptors (Lipinski definition) is 3. The number of aliphatic hydroxyl groups is 2. The Hall–Kier alpha value is -1.13. The van der Waals surface area contributed by atoms with Gasteiger partial charge in [-0.3, -0.25) is 4.79 Å². The standard InChI is InChI=1S/C48H93NO3/c1-3-5-7-9-11-13-15-17-18-19-20-21-22-23-24-25-26-27-28-29-30-32-33-35-37-39-41-43-47(51)46(45-50)49-48(52)44-42-40-38-36-34-31-16-14-12-10-8-6-4-2/h33,35,41,43,46-47,50-51H,3-32,34,36-40,42,44-45H2,1-2H3,(H,49,52)/b35-33+,43-41+. The lowest BCUT2D eigenvalue weighted by atomic mass is 10.0. The first-order valence-electron chi connectivity index (χ1n) is 23.6. The second kappa shape index (κ2) is 44.3. The summed E-state index contributed by atoms with van der Waals surface area (Å²) in [5.74, 6) is -0.0716. The van der Waals surface area contributed by atoms with Crippen LogP contribution >= 0.6 is 0 Å². The van der Waals surface area contributed by atoms with Gasteiger partial charge in [0.25, 0.3) is 0 Å². The number of hydrogen-bond donors (Lipinski definition) is 3. The quantitative estimate of drug-likeness (QED) is 0.0432. The fourth-order valence-electron chi connectivity index (χ4n) is 7.31. The summed E-state index contributed by atoms with van der Waals surface area (Å²) in [6.45, 7) is 4.31. The van der Waals surface area contributed by atoms with Gasteiger partial charge in [0.1, 0.15) is 0 Å². The summed E-state index contributed by atoms with van der Waals surface area (Å²) in [5, 5.41) is 23.0. The number of nitrogens with one attached hydrogen (secondary N) is 1. The highest BCUT2D eigenvalue weighted by Gasteiger charge is 2.17. The van der Waals surface area contributed by atoms with Gasteiger partial charge in [-0.1, -0.05) is 244 Å². The minimum absolute atomic E-state index is 0.0716. The lowest BCUT2D eigenvalue weighted by Gasteiger charge is -2.19. The van der Waals surface area contributed by atoms with Crippen LogP contribution in [0.5, 0.6) is 0 Å². The van der Waals surface area contributed by atoms with Crippen LogP contribution in [-0.4, -0.2) is 34.9 Å². The van der Waals surface area contributed by atoms with Crippen LogP contribution in [0.25, 0.3) is 0 Å². The summed E-state index contributed by atoms with van der Waals surface area (Å²) in [7, 11) is 0. The predicted molar refractivity (Wildman–Crippen MR) is 230 cm³/mol. The highest BCUT2D eigenvalue weighted by molar-refractivity contribution is 5.76. The molecule has 4 heteroatoms. The molecule has 0 heterocycles. The lowest BCUT2D eigenvalue weighted by molar-refractivity contribution is -0.123. The fourth-order valence-corrected chi connectivity index (χ4v) is 7.31. The maximum atomic E-state index is 12.4. The third kappa shape index (κ3) is 40.1. The minimum Gasteiger partial charge on any atom is -0.394 e. The van der Waals surface area contributed by atoms with Crippen LogP contribution in [0.2, 0.25) is 0 Å². The van der Waals surface area contributed by atoms with Gasteiger partial charge in [0, 0.05) is 6.42 Å². The van der Waals surface area contributed by atoms with Crippen LogP contribution in [0.4, 0.5) is 0 Å². The molecule has 4 nitrogen and oxygen atoms in total. The maximum absolute atomic E-state index is 12.4. The molecule has 0 spiro atoms. The van der Waals surface area contributed by atoms with E-state index in [-0.39, 0.29) is 12.5 Å². The van der Waals surface area contributed by atoms with Gasteiger partial charge in [-0.25, -0.2) is 0 Å². The largest absolute Gasteiger partial charge is 0.394 e. The van der Waals surface area contributed by atoms with Crippen molar-refractivity contribution >= 4 is 5.91 Å². The van der Waals surface area contributed by atoms with E-state index in [4.69, 9.17) is 0 Å². The van der Waals surface area contributed by atoms with Gasteiger partial charge in [0.2, 0.25) is 5.91 Å². The average Bonchev–Trinajstić information content (AvgIpc) is 3.15. The van der Waals surface area contributed by atoms with Crippen LogP contribution < -0.4 is 5.32 Å². The number of rotatable bonds is 43. The Morgan fingerprint density at radius 2 is 0.750 bits per heavy atom. The van der Waals surface area contributed by atoms with Gasteiger partial charge >= 0.3 is 0 Å². The number of amides is 1. The van der Waals surface area contributed by atoms with E-state index in [0.717, 1.165) is 32.1 Å². The summed E-state index contributed by atoms with van der Waals surface area (Å²) < 4.78 is 0. The molecule has 0 radical (unpaired) electrons. The molecule has 1 amide bonds. The van der Waals surface area contributed by atoms with E-state index in [1.54, 1.807) is 6.08 Å². The first-order valence-corrected chi connectivity index (χ1v) is 23.6. The van der Waals surface area contributed by atoms with Crippen molar-refractivity contribution in [2.75, 3.05) is 6.61 Å². The summed E-state index contributed by atoms with van der Waals surface area (Å²) in [5.41, 5.74) is 0. The van der Waals surface area contributed by atoms with E-state index < -0.39 is 12.1 Å². The van der Waals surface area contributed by atoms with Crippen molar-refractivity contribution in [3.05, 3.63) is 24.3 Å². The van der Waals surface area contributed by atoms with E-state index in [1.165, 1.54) is 205 Å². The summed E-state index contributed by atoms with van der Waals surface area (Å²) in [6.07, 6.45) is 57.4. The van der Waals surface area contributed by atoms with Crippen LogP contribution in [0.3, 0.4) is 0 Å². The molecule has 0 bridgehead atoms. The zero-order valence-electron chi connectivity index (χ0n) is 35.3. The van der Waals surface area contributed by atoms with Gasteiger partial charge in [-0.2, -0.15) is 0 Å². The Kier molecular flexibility index (Phi) is 43.3. The Bertz CT molecular complexity index is 750. The van der Waals surface area contributed by atoms with Crippen LogP contribution in [-0.2, 0) is 4.79 Å². The van der Waals surface area contributed by atoms with Gasteiger partial charge in [-0.05, 0) is 32.1 Å². The van der Waals surface area contributed by atoms with Crippen molar-refractivity contribution in [2.45, 2.75) is 270 Å². The number of unbranched alkanes of at least 4 members (excludes halogenated alkanes) is 34. The van der Waals surface area contributed by atoms with Crippen molar-refractivity contribution in [1.29, 1.82) is 0 Å². The third-order valence-electron chi connectivity index (χ3n) is 10.9. The summed E-state index contributed by atoms with van der Waals surface area (Å²) in [6, 6.07) is -0.634. The second-order valence-electron chi connectivity index (χ2n) is 16.2. The van der Waals surface area contributed by atoms with Gasteiger partial charge in [-0.15, -0.1) is 0 Å². The first kappa shape index (κ1) is 50.9. The molecule has 308 valence electrons. The highest BCUT2D eigenvalue weighted by Crippen LogP contribution is 2.16. The van der Waals surface area contributed by atoms with Crippen LogP contribution in [0, 0.1) is 0 Å². The monoisotopic (exact) mass is 732 g/mol. The SMILES string of the molecule is CCCCCCCCCCCCCCCCCCCCCCC/C=C/CC/C=C/C(O)C(CO)NC(=O)CCCCCCCCCCCCCCC. The number of allylic oxidation sites excluding steroid dienone is 3. The number of carbonyl (C=O) groups is 1. The zero-order valence-corrected chi connectivity index (χ0v) is 35.3. The minimum atomic E-state index is -0.858. The van der Waals surface area contributed by atoms with Crippen molar-refractivity contribution in [3.63, 3.8) is 0 Å². The maximum Gasteiger partial charge on any atom is 0.220 e. The molecule has 2 unspecified atom stereocenters. The molecule has 0 saturated heterocycles. The Morgan fingerprint density at radius 3 is 1.12 bits per heavy atom. The molecule has 0 saturated carbocycles. The molecular weight excluding hydrogens is 639 g/mol. The van der Waals surface area contributed by atoms with Crippen LogP contribution in [0.1, 0.15) is 258 Å². The molecular formula is C48H93NO3. The number of carbonyl (C=O) groups excluding carboxylic acids is 1. The first-order chi connectivity index (χ1) is 25.7. The topological polar surface area (TPSA) is 69.6 Å². The van der Waals surface area contributed by atoms with Gasteiger partial charge in [0.15, 0.2) is 0 Å². The van der Waals surface area contributed by atoms with Crippen molar-refractivity contribution < 1.29 is 15.0 Å². The van der Waals surface area contributed by atoms with E-state index in [1.807, 2.05) is 6.08 Å². The molecule has 0 aromatic carbocycles. The molecule has 0 fully saturated rings. The van der Waals surface area contributed by atoms with Gasteiger partial charge < -0.3 is 15.5 Å². The predicted octanol–water partition coefficient (Wildman–Crippen LogP) is 14.8.